The van der Waals surface area contributed by atoms with E-state index in [1.807, 2.05) is 0 Å². The Balaban J connectivity index is 3.04. The number of sulfonamides is 1. The van der Waals surface area contributed by atoms with Gasteiger partial charge in [-0.2, -0.15) is 0 Å². The van der Waals surface area contributed by atoms with Crippen molar-refractivity contribution in [1.29, 1.82) is 0 Å². The Morgan fingerprint density at radius 3 is 2.56 bits per heavy atom. The number of rotatable bonds is 4. The zero-order valence-electron chi connectivity index (χ0n) is 9.00. The summed E-state index contributed by atoms with van der Waals surface area (Å²) < 4.78 is 26.5. The van der Waals surface area contributed by atoms with E-state index in [1.54, 1.807) is 26.0 Å². The molecule has 0 bridgehead atoms. The minimum absolute atomic E-state index is 0.175. The molecule has 1 rings (SSSR count). The van der Waals surface area contributed by atoms with Crippen molar-refractivity contribution < 1.29 is 8.42 Å². The predicted molar refractivity (Wildman–Crippen MR) is 69.6 cm³/mol. The molecule has 0 aliphatic carbocycles. The number of hydrogen-bond donors (Lipinski definition) is 1. The Hall–Kier alpha value is -0.100. The topological polar surface area (TPSA) is 46.2 Å². The third-order valence-electron chi connectivity index (χ3n) is 1.85. The van der Waals surface area contributed by atoms with Crippen LogP contribution in [-0.2, 0) is 10.0 Å². The highest BCUT2D eigenvalue weighted by Gasteiger charge is 2.25. The summed E-state index contributed by atoms with van der Waals surface area (Å²) in [4.78, 5) is 0.175. The van der Waals surface area contributed by atoms with Crippen molar-refractivity contribution in [1.82, 2.24) is 4.72 Å². The Kier molecular flexibility index (Phi) is 4.40. The van der Waals surface area contributed by atoms with Gasteiger partial charge in [-0.15, -0.1) is 0 Å². The molecule has 16 heavy (non-hydrogen) atoms. The summed E-state index contributed by atoms with van der Waals surface area (Å²) in [5.41, 5.74) is -0.541. The van der Waals surface area contributed by atoms with Crippen LogP contribution in [0.2, 0.25) is 5.02 Å². The maximum atomic E-state index is 12.0. The molecule has 0 heterocycles. The van der Waals surface area contributed by atoms with Crippen LogP contribution in [0.3, 0.4) is 0 Å². The first-order valence-corrected chi connectivity index (χ1v) is 7.61. The molecular formula is C10H13BrClNO2S. The summed E-state index contributed by atoms with van der Waals surface area (Å²) in [5.74, 6) is 0. The maximum absolute atomic E-state index is 12.0. The lowest BCUT2D eigenvalue weighted by Crippen LogP contribution is -2.44. The fourth-order valence-electron chi connectivity index (χ4n) is 1.08. The summed E-state index contributed by atoms with van der Waals surface area (Å²) in [5, 5.41) is 0.930. The standard InChI is InChI=1S/C10H13BrClNO2S/c1-10(2,7-11)13-16(14,15)9-5-3-4-8(12)6-9/h3-6,13H,7H2,1-2H3. The molecule has 1 aromatic carbocycles. The van der Waals surface area contributed by atoms with E-state index in [1.165, 1.54) is 12.1 Å². The number of halogens is 2. The first-order valence-electron chi connectivity index (χ1n) is 4.62. The molecule has 3 nitrogen and oxygen atoms in total. The second-order valence-electron chi connectivity index (χ2n) is 4.08. The highest BCUT2D eigenvalue weighted by molar-refractivity contribution is 9.09. The molecule has 0 unspecified atom stereocenters. The number of benzene rings is 1. The Morgan fingerprint density at radius 1 is 1.44 bits per heavy atom. The summed E-state index contributed by atoms with van der Waals surface area (Å²) in [6.07, 6.45) is 0. The van der Waals surface area contributed by atoms with Crippen LogP contribution in [0.1, 0.15) is 13.8 Å². The van der Waals surface area contributed by atoms with Gasteiger partial charge in [0.25, 0.3) is 0 Å². The van der Waals surface area contributed by atoms with Crippen molar-refractivity contribution in [3.8, 4) is 0 Å². The number of hydrogen-bond acceptors (Lipinski definition) is 2. The molecule has 1 aromatic rings. The van der Waals surface area contributed by atoms with Crippen molar-refractivity contribution in [3.63, 3.8) is 0 Å². The van der Waals surface area contributed by atoms with Gasteiger partial charge in [-0.1, -0.05) is 33.6 Å². The summed E-state index contributed by atoms with van der Waals surface area (Å²) in [6.45, 7) is 3.59. The van der Waals surface area contributed by atoms with Gasteiger partial charge < -0.3 is 0 Å². The van der Waals surface area contributed by atoms with Gasteiger partial charge in [0.2, 0.25) is 10.0 Å². The van der Waals surface area contributed by atoms with Crippen molar-refractivity contribution >= 4 is 37.6 Å². The molecule has 0 aliphatic rings. The lowest BCUT2D eigenvalue weighted by molar-refractivity contribution is 0.500. The molecule has 0 fully saturated rings. The van der Waals surface area contributed by atoms with Crippen LogP contribution in [0.15, 0.2) is 29.2 Å². The van der Waals surface area contributed by atoms with Gasteiger partial charge in [0.1, 0.15) is 0 Å². The van der Waals surface area contributed by atoms with Crippen LogP contribution < -0.4 is 4.72 Å². The van der Waals surface area contributed by atoms with Crippen molar-refractivity contribution in [2.45, 2.75) is 24.3 Å². The average molecular weight is 327 g/mol. The minimum atomic E-state index is -3.52. The highest BCUT2D eigenvalue weighted by Crippen LogP contribution is 2.18. The molecule has 0 aromatic heterocycles. The fourth-order valence-corrected chi connectivity index (χ4v) is 3.12. The Labute approximate surface area is 109 Å². The summed E-state index contributed by atoms with van der Waals surface area (Å²) in [7, 11) is -3.52. The molecule has 1 N–H and O–H groups in total. The predicted octanol–water partition coefficient (Wildman–Crippen LogP) is 2.79. The highest BCUT2D eigenvalue weighted by atomic mass is 79.9. The van der Waals surface area contributed by atoms with E-state index in [0.717, 1.165) is 0 Å². The molecular weight excluding hydrogens is 314 g/mol. The first-order chi connectivity index (χ1) is 7.27. The Bertz CT molecular complexity index is 473. The number of nitrogens with one attached hydrogen (secondary N) is 1. The first kappa shape index (κ1) is 14.0. The van der Waals surface area contributed by atoms with Gasteiger partial charge in [-0.25, -0.2) is 13.1 Å². The van der Waals surface area contributed by atoms with Crippen LogP contribution in [0.25, 0.3) is 0 Å². The molecule has 0 spiro atoms. The van der Waals surface area contributed by atoms with Crippen molar-refractivity contribution in [2.75, 3.05) is 5.33 Å². The van der Waals surface area contributed by atoms with E-state index in [2.05, 4.69) is 20.7 Å². The van der Waals surface area contributed by atoms with Gasteiger partial charge in [0, 0.05) is 15.9 Å². The van der Waals surface area contributed by atoms with Crippen LogP contribution in [-0.4, -0.2) is 19.3 Å². The molecule has 0 amide bonds. The second kappa shape index (κ2) is 5.04. The minimum Gasteiger partial charge on any atom is -0.207 e. The van der Waals surface area contributed by atoms with E-state index < -0.39 is 15.6 Å². The lowest BCUT2D eigenvalue weighted by atomic mass is 10.1. The third kappa shape index (κ3) is 3.73. The molecule has 0 atom stereocenters. The molecule has 0 saturated heterocycles. The fraction of sp³-hybridized carbons (Fsp3) is 0.400. The van der Waals surface area contributed by atoms with Gasteiger partial charge in [0.05, 0.1) is 4.90 Å². The maximum Gasteiger partial charge on any atom is 0.241 e. The van der Waals surface area contributed by atoms with Crippen LogP contribution >= 0.6 is 27.5 Å². The zero-order chi connectivity index (χ0) is 12.4. The van der Waals surface area contributed by atoms with Crippen LogP contribution in [0.4, 0.5) is 0 Å². The second-order valence-corrected chi connectivity index (χ2v) is 6.76. The molecule has 90 valence electrons. The largest absolute Gasteiger partial charge is 0.241 e. The van der Waals surface area contributed by atoms with Crippen LogP contribution in [0, 0.1) is 0 Å². The average Bonchev–Trinajstić information content (AvgIpc) is 2.16. The lowest BCUT2D eigenvalue weighted by Gasteiger charge is -2.23. The molecule has 6 heteroatoms. The van der Waals surface area contributed by atoms with E-state index in [-0.39, 0.29) is 4.90 Å². The number of alkyl halides is 1. The molecule has 0 radical (unpaired) electrons. The summed E-state index contributed by atoms with van der Waals surface area (Å²) >= 11 is 9.01. The zero-order valence-corrected chi connectivity index (χ0v) is 12.2. The quantitative estimate of drug-likeness (QED) is 0.865. The molecule has 0 aliphatic heterocycles. The van der Waals surface area contributed by atoms with Gasteiger partial charge in [-0.05, 0) is 32.0 Å². The van der Waals surface area contributed by atoms with E-state index in [0.29, 0.717) is 10.4 Å². The van der Waals surface area contributed by atoms with Crippen molar-refractivity contribution in [2.24, 2.45) is 0 Å². The monoisotopic (exact) mass is 325 g/mol. The normalized spacial score (nSPS) is 12.8. The molecule has 0 saturated carbocycles. The van der Waals surface area contributed by atoms with E-state index in [4.69, 9.17) is 11.6 Å². The third-order valence-corrected chi connectivity index (χ3v) is 5.18. The van der Waals surface area contributed by atoms with Crippen LogP contribution in [0.5, 0.6) is 0 Å². The Morgan fingerprint density at radius 2 is 2.06 bits per heavy atom. The van der Waals surface area contributed by atoms with E-state index >= 15 is 0 Å². The smallest absolute Gasteiger partial charge is 0.207 e. The van der Waals surface area contributed by atoms with Gasteiger partial charge in [-0.3, -0.25) is 0 Å². The van der Waals surface area contributed by atoms with Gasteiger partial charge in [0.15, 0.2) is 0 Å². The summed E-state index contributed by atoms with van der Waals surface area (Å²) in [6, 6.07) is 6.18. The SMILES string of the molecule is CC(C)(CBr)NS(=O)(=O)c1cccc(Cl)c1. The van der Waals surface area contributed by atoms with Gasteiger partial charge >= 0.3 is 0 Å². The van der Waals surface area contributed by atoms with E-state index in [9.17, 15) is 8.42 Å². The van der Waals surface area contributed by atoms with Crippen molar-refractivity contribution in [3.05, 3.63) is 29.3 Å².